The Labute approximate surface area is 148 Å². The lowest BCUT2D eigenvalue weighted by molar-refractivity contribution is 0.332. The number of nitrogens with zero attached hydrogens (tertiary/aromatic N) is 3. The van der Waals surface area contributed by atoms with Crippen molar-refractivity contribution in [2.24, 2.45) is 0 Å². The van der Waals surface area contributed by atoms with Gasteiger partial charge in [0.2, 0.25) is 5.82 Å². The molecule has 0 fully saturated rings. The largest absolute Gasteiger partial charge is 0.204 e. The zero-order valence-corrected chi connectivity index (χ0v) is 15.3. The topological polar surface area (TPSA) is 54.5 Å². The molecular weight excluding hydrogens is 308 g/mol. The molecule has 4 heteroatoms. The molecule has 1 N–H and O–H groups in total. The Kier molecular flexibility index (Phi) is 3.53. The van der Waals surface area contributed by atoms with Gasteiger partial charge >= 0.3 is 0 Å². The van der Waals surface area contributed by atoms with Crippen molar-refractivity contribution in [2.75, 3.05) is 0 Å². The highest BCUT2D eigenvalue weighted by molar-refractivity contribution is 5.71. The van der Waals surface area contributed by atoms with E-state index in [1.165, 1.54) is 35.1 Å². The molecule has 0 aliphatic heterocycles. The Morgan fingerprint density at radius 1 is 0.800 bits per heavy atom. The molecule has 0 bridgehead atoms. The second kappa shape index (κ2) is 5.51. The van der Waals surface area contributed by atoms with E-state index in [-0.39, 0.29) is 10.8 Å². The second-order valence-electron chi connectivity index (χ2n) is 8.34. The molecule has 1 aliphatic carbocycles. The van der Waals surface area contributed by atoms with Crippen LogP contribution in [0.2, 0.25) is 0 Å². The molecule has 0 radical (unpaired) electrons. The minimum absolute atomic E-state index is 0.214. The van der Waals surface area contributed by atoms with E-state index >= 15 is 0 Å². The van der Waals surface area contributed by atoms with Crippen LogP contribution in [-0.4, -0.2) is 20.6 Å². The van der Waals surface area contributed by atoms with Crippen molar-refractivity contribution >= 4 is 0 Å². The molecule has 0 unspecified atom stereocenters. The third kappa shape index (κ3) is 2.76. The van der Waals surface area contributed by atoms with E-state index in [1.807, 2.05) is 6.07 Å². The maximum absolute atomic E-state index is 4.09. The number of nitrogens with one attached hydrogen (secondary N) is 1. The third-order valence-corrected chi connectivity index (χ3v) is 5.65. The van der Waals surface area contributed by atoms with Gasteiger partial charge < -0.3 is 0 Å². The van der Waals surface area contributed by atoms with Crippen LogP contribution in [0.3, 0.4) is 0 Å². The Morgan fingerprint density at radius 2 is 1.48 bits per heavy atom. The van der Waals surface area contributed by atoms with Crippen molar-refractivity contribution in [3.05, 3.63) is 53.6 Å². The van der Waals surface area contributed by atoms with Crippen LogP contribution in [0.4, 0.5) is 0 Å². The first kappa shape index (κ1) is 16.0. The molecule has 0 saturated carbocycles. The smallest absolute Gasteiger partial charge is 0.177 e. The fourth-order valence-electron chi connectivity index (χ4n) is 3.89. The summed E-state index contributed by atoms with van der Waals surface area (Å²) < 4.78 is 0. The number of benzene rings is 2. The summed E-state index contributed by atoms with van der Waals surface area (Å²) in [6.07, 6.45) is 2.46. The minimum atomic E-state index is 0.214. The van der Waals surface area contributed by atoms with Crippen LogP contribution in [0, 0.1) is 0 Å². The van der Waals surface area contributed by atoms with Gasteiger partial charge in [0.25, 0.3) is 0 Å². The number of hydrogen-bond donors (Lipinski definition) is 1. The van der Waals surface area contributed by atoms with Crippen LogP contribution in [0.5, 0.6) is 0 Å². The molecule has 128 valence electrons. The molecular formula is C21H24N4. The number of tetrazole rings is 1. The van der Waals surface area contributed by atoms with Crippen molar-refractivity contribution in [3.8, 4) is 22.5 Å². The molecule has 2 aromatic carbocycles. The van der Waals surface area contributed by atoms with E-state index in [1.54, 1.807) is 0 Å². The van der Waals surface area contributed by atoms with Gasteiger partial charge in [-0.2, -0.15) is 5.21 Å². The lowest BCUT2D eigenvalue weighted by Gasteiger charge is -2.42. The highest BCUT2D eigenvalue weighted by Gasteiger charge is 2.36. The van der Waals surface area contributed by atoms with Crippen molar-refractivity contribution < 1.29 is 0 Å². The molecule has 1 aromatic heterocycles. The van der Waals surface area contributed by atoms with Crippen molar-refractivity contribution in [3.63, 3.8) is 0 Å². The number of fused-ring (bicyclic) bond motifs is 1. The summed E-state index contributed by atoms with van der Waals surface area (Å²) in [5.74, 6) is 0.626. The molecule has 25 heavy (non-hydrogen) atoms. The van der Waals surface area contributed by atoms with E-state index in [0.29, 0.717) is 5.82 Å². The van der Waals surface area contributed by atoms with Gasteiger partial charge in [-0.3, -0.25) is 0 Å². The monoisotopic (exact) mass is 332 g/mol. The second-order valence-corrected chi connectivity index (χ2v) is 8.34. The Morgan fingerprint density at radius 3 is 2.20 bits per heavy atom. The third-order valence-electron chi connectivity index (χ3n) is 5.65. The predicted octanol–water partition coefficient (Wildman–Crippen LogP) is 4.88. The van der Waals surface area contributed by atoms with Crippen LogP contribution < -0.4 is 0 Å². The molecule has 0 atom stereocenters. The van der Waals surface area contributed by atoms with Gasteiger partial charge in [-0.1, -0.05) is 64.1 Å². The van der Waals surface area contributed by atoms with Crippen LogP contribution >= 0.6 is 0 Å². The quantitative estimate of drug-likeness (QED) is 0.727. The fourth-order valence-corrected chi connectivity index (χ4v) is 3.89. The molecule has 0 saturated heterocycles. The normalized spacial score (nSPS) is 17.9. The van der Waals surface area contributed by atoms with Gasteiger partial charge in [0, 0.05) is 5.56 Å². The summed E-state index contributed by atoms with van der Waals surface area (Å²) in [6, 6.07) is 15.3. The summed E-state index contributed by atoms with van der Waals surface area (Å²) in [5, 5.41) is 14.3. The summed E-state index contributed by atoms with van der Waals surface area (Å²) in [5.41, 5.74) is 6.83. The average molecular weight is 332 g/mol. The molecule has 0 amide bonds. The molecule has 0 spiro atoms. The summed E-state index contributed by atoms with van der Waals surface area (Å²) in [6.45, 7) is 9.44. The van der Waals surface area contributed by atoms with Crippen LogP contribution in [0.1, 0.15) is 51.7 Å². The van der Waals surface area contributed by atoms with Gasteiger partial charge in [-0.15, -0.1) is 10.2 Å². The molecule has 4 rings (SSSR count). The van der Waals surface area contributed by atoms with Gasteiger partial charge in [-0.05, 0) is 57.2 Å². The number of aromatic amines is 1. The first-order chi connectivity index (χ1) is 11.9. The minimum Gasteiger partial charge on any atom is -0.177 e. The van der Waals surface area contributed by atoms with Crippen LogP contribution in [0.15, 0.2) is 42.5 Å². The standard InChI is InChI=1S/C21H24N4/c1-20(2)10-11-21(3,4)18-13-15(8-9-17(18)20)14-6-5-7-16(12-14)19-22-24-25-23-19/h5-9,12-13H,10-11H2,1-4H3,(H,22,23,24,25). The Bertz CT molecular complexity index is 907. The first-order valence-electron chi connectivity index (χ1n) is 8.86. The zero-order valence-electron chi connectivity index (χ0n) is 15.3. The highest BCUT2D eigenvalue weighted by atomic mass is 15.5. The predicted molar refractivity (Wildman–Crippen MR) is 100 cm³/mol. The highest BCUT2D eigenvalue weighted by Crippen LogP contribution is 2.46. The van der Waals surface area contributed by atoms with Gasteiger partial charge in [0.15, 0.2) is 0 Å². The van der Waals surface area contributed by atoms with Crippen molar-refractivity contribution in [1.29, 1.82) is 0 Å². The van der Waals surface area contributed by atoms with E-state index in [4.69, 9.17) is 0 Å². The van der Waals surface area contributed by atoms with Crippen molar-refractivity contribution in [1.82, 2.24) is 20.6 Å². The van der Waals surface area contributed by atoms with Gasteiger partial charge in [0.1, 0.15) is 0 Å². The summed E-state index contributed by atoms with van der Waals surface area (Å²) in [7, 11) is 0. The van der Waals surface area contributed by atoms with Crippen molar-refractivity contribution in [2.45, 2.75) is 51.4 Å². The fraction of sp³-hybridized carbons (Fsp3) is 0.381. The SMILES string of the molecule is CC1(C)CCC(C)(C)c2cc(-c3cccc(-c4nn[nH]n4)c3)ccc21. The first-order valence-corrected chi connectivity index (χ1v) is 8.86. The van der Waals surface area contributed by atoms with E-state index in [9.17, 15) is 0 Å². The number of rotatable bonds is 2. The summed E-state index contributed by atoms with van der Waals surface area (Å²) >= 11 is 0. The van der Waals surface area contributed by atoms with E-state index in [2.05, 4.69) is 84.7 Å². The number of H-pyrrole nitrogens is 1. The van der Waals surface area contributed by atoms with E-state index < -0.39 is 0 Å². The maximum Gasteiger partial charge on any atom is 0.204 e. The number of aromatic nitrogens is 4. The van der Waals surface area contributed by atoms with Crippen LogP contribution in [0.25, 0.3) is 22.5 Å². The Hall–Kier alpha value is -2.49. The summed E-state index contributed by atoms with van der Waals surface area (Å²) in [4.78, 5) is 0. The molecule has 4 nitrogen and oxygen atoms in total. The molecule has 3 aromatic rings. The van der Waals surface area contributed by atoms with E-state index in [0.717, 1.165) is 5.56 Å². The van der Waals surface area contributed by atoms with Gasteiger partial charge in [-0.25, -0.2) is 0 Å². The average Bonchev–Trinajstić information content (AvgIpc) is 3.14. The van der Waals surface area contributed by atoms with Crippen LogP contribution in [-0.2, 0) is 10.8 Å². The Balaban J connectivity index is 1.82. The zero-order chi connectivity index (χ0) is 17.7. The molecule has 1 aliphatic rings. The lowest BCUT2D eigenvalue weighted by Crippen LogP contribution is -2.33. The maximum atomic E-state index is 4.09. The lowest BCUT2D eigenvalue weighted by atomic mass is 9.63. The number of hydrogen-bond acceptors (Lipinski definition) is 3. The van der Waals surface area contributed by atoms with Gasteiger partial charge in [0.05, 0.1) is 0 Å². The molecule has 1 heterocycles.